The van der Waals surface area contributed by atoms with Crippen LogP contribution in [0, 0.1) is 0 Å². The highest BCUT2D eigenvalue weighted by Crippen LogP contribution is 2.39. The standard InChI is InChI=1S/C22H20ClNO5/c1-2-28-15-6-3-5-13(11-15)19-18-20(26)16-12-14(23)7-8-17(16)29-21(18)22(27)24(19)9-4-10-25/h3,5-8,11-12,19,25H,2,4,9-10H2,1H3. The summed E-state index contributed by atoms with van der Waals surface area (Å²) in [5.41, 5.74) is 1.07. The lowest BCUT2D eigenvalue weighted by atomic mass is 9.98. The number of rotatable bonds is 6. The number of carbonyl (C=O) groups is 1. The molecule has 2 aromatic carbocycles. The van der Waals surface area contributed by atoms with Gasteiger partial charge < -0.3 is 19.2 Å². The van der Waals surface area contributed by atoms with Crippen LogP contribution in [0.25, 0.3) is 11.0 Å². The molecule has 0 saturated carbocycles. The maximum atomic E-state index is 13.4. The predicted molar refractivity (Wildman–Crippen MR) is 110 cm³/mol. The van der Waals surface area contributed by atoms with Crippen LogP contribution in [0.1, 0.15) is 41.1 Å². The van der Waals surface area contributed by atoms with E-state index in [4.69, 9.17) is 20.8 Å². The molecule has 0 bridgehead atoms. The van der Waals surface area contributed by atoms with Crippen LogP contribution in [-0.4, -0.2) is 35.7 Å². The second-order valence-electron chi connectivity index (χ2n) is 6.80. The first-order valence-corrected chi connectivity index (χ1v) is 9.83. The molecular weight excluding hydrogens is 394 g/mol. The van der Waals surface area contributed by atoms with Gasteiger partial charge in [0.15, 0.2) is 5.43 Å². The number of nitrogens with zero attached hydrogens (tertiary/aromatic N) is 1. The molecule has 0 saturated heterocycles. The molecule has 29 heavy (non-hydrogen) atoms. The van der Waals surface area contributed by atoms with Crippen molar-refractivity contribution in [3.63, 3.8) is 0 Å². The number of aliphatic hydroxyl groups excluding tert-OH is 1. The first-order valence-electron chi connectivity index (χ1n) is 9.46. The van der Waals surface area contributed by atoms with Crippen molar-refractivity contribution in [3.05, 3.63) is 74.6 Å². The molecule has 1 aromatic heterocycles. The summed E-state index contributed by atoms with van der Waals surface area (Å²) < 4.78 is 11.4. The molecule has 0 fully saturated rings. The second kappa shape index (κ2) is 7.89. The Bertz CT molecular complexity index is 1140. The van der Waals surface area contributed by atoms with Gasteiger partial charge in [0.05, 0.1) is 23.6 Å². The fraction of sp³-hybridized carbons (Fsp3) is 0.273. The fourth-order valence-corrected chi connectivity index (χ4v) is 3.92. The number of aliphatic hydroxyl groups is 1. The summed E-state index contributed by atoms with van der Waals surface area (Å²) >= 11 is 6.07. The molecule has 2 heterocycles. The maximum Gasteiger partial charge on any atom is 0.290 e. The van der Waals surface area contributed by atoms with E-state index in [0.717, 1.165) is 5.56 Å². The number of ether oxygens (including phenoxy) is 1. The van der Waals surface area contributed by atoms with Gasteiger partial charge in [-0.25, -0.2) is 0 Å². The SMILES string of the molecule is CCOc1cccc(C2c3c(oc4ccc(Cl)cc4c3=O)C(=O)N2CCCO)c1. The number of benzene rings is 2. The quantitative estimate of drug-likeness (QED) is 0.665. The van der Waals surface area contributed by atoms with Crippen LogP contribution in [0.15, 0.2) is 51.7 Å². The number of hydrogen-bond donors (Lipinski definition) is 1. The van der Waals surface area contributed by atoms with Crippen LogP contribution in [-0.2, 0) is 0 Å². The van der Waals surface area contributed by atoms with Crippen molar-refractivity contribution in [1.29, 1.82) is 0 Å². The zero-order valence-corrected chi connectivity index (χ0v) is 16.6. The summed E-state index contributed by atoms with van der Waals surface area (Å²) in [6, 6.07) is 11.5. The normalized spacial score (nSPS) is 15.8. The van der Waals surface area contributed by atoms with E-state index in [-0.39, 0.29) is 29.3 Å². The average molecular weight is 414 g/mol. The fourth-order valence-electron chi connectivity index (χ4n) is 3.75. The number of carbonyl (C=O) groups excluding carboxylic acids is 1. The summed E-state index contributed by atoms with van der Waals surface area (Å²) in [6.45, 7) is 2.62. The summed E-state index contributed by atoms with van der Waals surface area (Å²) in [4.78, 5) is 28.0. The molecule has 1 atom stereocenters. The Kier molecular flexibility index (Phi) is 5.30. The lowest BCUT2D eigenvalue weighted by Gasteiger charge is -2.25. The van der Waals surface area contributed by atoms with Crippen molar-refractivity contribution in [3.8, 4) is 5.75 Å². The Labute approximate surface area is 172 Å². The van der Waals surface area contributed by atoms with Crippen molar-refractivity contribution >= 4 is 28.5 Å². The lowest BCUT2D eigenvalue weighted by molar-refractivity contribution is 0.0716. The van der Waals surface area contributed by atoms with Gasteiger partial charge in [-0.15, -0.1) is 0 Å². The van der Waals surface area contributed by atoms with Crippen molar-refractivity contribution in [2.24, 2.45) is 0 Å². The van der Waals surface area contributed by atoms with E-state index in [1.165, 1.54) is 0 Å². The molecule has 7 heteroatoms. The Hall–Kier alpha value is -2.83. The zero-order valence-electron chi connectivity index (χ0n) is 15.9. The molecule has 1 N–H and O–H groups in total. The van der Waals surface area contributed by atoms with E-state index in [1.807, 2.05) is 31.2 Å². The van der Waals surface area contributed by atoms with Gasteiger partial charge in [0.1, 0.15) is 11.3 Å². The Morgan fingerprint density at radius 1 is 1.21 bits per heavy atom. The summed E-state index contributed by atoms with van der Waals surface area (Å²) in [7, 11) is 0. The summed E-state index contributed by atoms with van der Waals surface area (Å²) in [5.74, 6) is 0.324. The molecule has 1 amide bonds. The van der Waals surface area contributed by atoms with E-state index in [9.17, 15) is 14.7 Å². The highest BCUT2D eigenvalue weighted by Gasteiger charge is 2.42. The lowest BCUT2D eigenvalue weighted by Crippen LogP contribution is -2.31. The average Bonchev–Trinajstić information content (AvgIpc) is 3.00. The molecular formula is C22H20ClNO5. The van der Waals surface area contributed by atoms with Gasteiger partial charge in [-0.3, -0.25) is 9.59 Å². The molecule has 150 valence electrons. The van der Waals surface area contributed by atoms with Gasteiger partial charge in [0, 0.05) is 18.2 Å². The first-order chi connectivity index (χ1) is 14.0. The molecule has 0 aliphatic carbocycles. The molecule has 6 nitrogen and oxygen atoms in total. The highest BCUT2D eigenvalue weighted by molar-refractivity contribution is 6.31. The molecule has 1 aliphatic heterocycles. The summed E-state index contributed by atoms with van der Waals surface area (Å²) in [5, 5.41) is 10.0. The molecule has 0 spiro atoms. The zero-order chi connectivity index (χ0) is 20.5. The highest BCUT2D eigenvalue weighted by atomic mass is 35.5. The van der Waals surface area contributed by atoms with E-state index in [0.29, 0.717) is 41.3 Å². The van der Waals surface area contributed by atoms with Crippen molar-refractivity contribution < 1.29 is 19.1 Å². The van der Waals surface area contributed by atoms with Crippen LogP contribution in [0.3, 0.4) is 0 Å². The van der Waals surface area contributed by atoms with Crippen molar-refractivity contribution in [2.75, 3.05) is 19.8 Å². The van der Waals surface area contributed by atoms with Gasteiger partial charge in [-0.05, 0) is 49.2 Å². The minimum atomic E-state index is -0.621. The molecule has 3 aromatic rings. The molecule has 0 radical (unpaired) electrons. The van der Waals surface area contributed by atoms with Crippen molar-refractivity contribution in [1.82, 2.24) is 4.90 Å². The Morgan fingerprint density at radius 2 is 2.03 bits per heavy atom. The Balaban J connectivity index is 1.94. The minimum absolute atomic E-state index is 0.0366. The summed E-state index contributed by atoms with van der Waals surface area (Å²) in [6.07, 6.45) is 0.390. The predicted octanol–water partition coefficient (Wildman–Crippen LogP) is 3.77. The smallest absolute Gasteiger partial charge is 0.290 e. The van der Waals surface area contributed by atoms with E-state index in [2.05, 4.69) is 0 Å². The molecule has 4 rings (SSSR count). The first kappa shape index (κ1) is 19.5. The van der Waals surface area contributed by atoms with Gasteiger partial charge >= 0.3 is 0 Å². The number of hydrogen-bond acceptors (Lipinski definition) is 5. The Morgan fingerprint density at radius 3 is 2.79 bits per heavy atom. The third-order valence-electron chi connectivity index (χ3n) is 4.97. The van der Waals surface area contributed by atoms with Crippen LogP contribution in [0.5, 0.6) is 5.75 Å². The van der Waals surface area contributed by atoms with E-state index in [1.54, 1.807) is 23.1 Å². The van der Waals surface area contributed by atoms with Crippen LogP contribution in [0.4, 0.5) is 0 Å². The van der Waals surface area contributed by atoms with Crippen LogP contribution < -0.4 is 10.2 Å². The second-order valence-corrected chi connectivity index (χ2v) is 7.23. The number of fused-ring (bicyclic) bond motifs is 2. The third-order valence-corrected chi connectivity index (χ3v) is 5.20. The topological polar surface area (TPSA) is 80.0 Å². The minimum Gasteiger partial charge on any atom is -0.494 e. The van der Waals surface area contributed by atoms with Crippen molar-refractivity contribution in [2.45, 2.75) is 19.4 Å². The largest absolute Gasteiger partial charge is 0.494 e. The van der Waals surface area contributed by atoms with E-state index < -0.39 is 6.04 Å². The number of amides is 1. The van der Waals surface area contributed by atoms with Crippen LogP contribution in [0.2, 0.25) is 5.02 Å². The van der Waals surface area contributed by atoms with Gasteiger partial charge in [0.25, 0.3) is 5.91 Å². The monoisotopic (exact) mass is 413 g/mol. The van der Waals surface area contributed by atoms with Gasteiger partial charge in [0.2, 0.25) is 5.76 Å². The maximum absolute atomic E-state index is 13.4. The van der Waals surface area contributed by atoms with Gasteiger partial charge in [-0.1, -0.05) is 23.7 Å². The van der Waals surface area contributed by atoms with Gasteiger partial charge in [-0.2, -0.15) is 0 Å². The molecule has 1 aliphatic rings. The van der Waals surface area contributed by atoms with E-state index >= 15 is 0 Å². The molecule has 1 unspecified atom stereocenters. The number of halogens is 1. The third kappa shape index (κ3) is 3.39. The van der Waals surface area contributed by atoms with Crippen LogP contribution >= 0.6 is 11.6 Å².